The van der Waals surface area contributed by atoms with Gasteiger partial charge in [0.2, 0.25) is 0 Å². The highest BCUT2D eigenvalue weighted by Crippen LogP contribution is 2.30. The van der Waals surface area contributed by atoms with Gasteiger partial charge >= 0.3 is 6.09 Å². The quantitative estimate of drug-likeness (QED) is 0.850. The molecule has 0 radical (unpaired) electrons. The van der Waals surface area contributed by atoms with Crippen LogP contribution >= 0.6 is 0 Å². The lowest BCUT2D eigenvalue weighted by atomic mass is 10.0. The molecule has 1 fully saturated rings. The third kappa shape index (κ3) is 2.00. The van der Waals surface area contributed by atoms with Crippen molar-refractivity contribution in [2.45, 2.75) is 26.8 Å². The summed E-state index contributed by atoms with van der Waals surface area (Å²) in [5, 5.41) is 0. The molecule has 92 valence electrons. The normalized spacial score (nSPS) is 19.6. The number of cyclic esters (lactones) is 1. The van der Waals surface area contributed by atoms with Crippen LogP contribution in [-0.2, 0) is 4.74 Å². The molecule has 0 saturated carbocycles. The fourth-order valence-corrected chi connectivity index (χ4v) is 2.46. The Morgan fingerprint density at radius 3 is 2.47 bits per heavy atom. The second-order valence-corrected chi connectivity index (χ2v) is 4.58. The minimum Gasteiger partial charge on any atom is -0.447 e. The van der Waals surface area contributed by atoms with Crippen molar-refractivity contribution in [2.24, 2.45) is 5.73 Å². The topological polar surface area (TPSA) is 55.6 Å². The van der Waals surface area contributed by atoms with E-state index in [0.717, 1.165) is 16.8 Å². The number of hydrogen-bond donors (Lipinski definition) is 1. The highest BCUT2D eigenvalue weighted by molar-refractivity contribution is 5.92. The number of carbonyl (C=O) groups excluding carboxylic acids is 1. The minimum atomic E-state index is -0.296. The van der Waals surface area contributed by atoms with Gasteiger partial charge in [0.15, 0.2) is 0 Å². The Balaban J connectivity index is 2.49. The average molecular weight is 234 g/mol. The standard InChI is InChI=1S/C13H18N2O2/c1-8-4-9(2)12(10(3)5-8)15-11(6-14)7-17-13(15)16/h4-5,11H,6-7,14H2,1-3H3. The lowest BCUT2D eigenvalue weighted by Crippen LogP contribution is -2.39. The third-order valence-electron chi connectivity index (χ3n) is 3.11. The van der Waals surface area contributed by atoms with Crippen LogP contribution < -0.4 is 10.6 Å². The van der Waals surface area contributed by atoms with Crippen molar-refractivity contribution in [1.29, 1.82) is 0 Å². The van der Waals surface area contributed by atoms with Crippen molar-refractivity contribution in [2.75, 3.05) is 18.1 Å². The average Bonchev–Trinajstić information content (AvgIpc) is 2.59. The maximum Gasteiger partial charge on any atom is 0.414 e. The minimum absolute atomic E-state index is 0.0531. The van der Waals surface area contributed by atoms with Crippen LogP contribution in [0.2, 0.25) is 0 Å². The van der Waals surface area contributed by atoms with E-state index in [0.29, 0.717) is 13.2 Å². The molecule has 1 heterocycles. The number of anilines is 1. The summed E-state index contributed by atoms with van der Waals surface area (Å²) in [4.78, 5) is 13.5. The molecule has 0 spiro atoms. The van der Waals surface area contributed by atoms with E-state index in [1.807, 2.05) is 20.8 Å². The van der Waals surface area contributed by atoms with Gasteiger partial charge in [0, 0.05) is 6.54 Å². The number of nitrogens with zero attached hydrogens (tertiary/aromatic N) is 1. The monoisotopic (exact) mass is 234 g/mol. The lowest BCUT2D eigenvalue weighted by Gasteiger charge is -2.24. The zero-order valence-electron chi connectivity index (χ0n) is 10.5. The van der Waals surface area contributed by atoms with Crippen LogP contribution in [0.1, 0.15) is 16.7 Å². The number of hydrogen-bond acceptors (Lipinski definition) is 3. The molecule has 1 amide bonds. The van der Waals surface area contributed by atoms with Gasteiger partial charge in [0.05, 0.1) is 11.7 Å². The zero-order chi connectivity index (χ0) is 12.6. The number of amides is 1. The molecule has 0 bridgehead atoms. The van der Waals surface area contributed by atoms with Gasteiger partial charge in [-0.2, -0.15) is 0 Å². The van der Waals surface area contributed by atoms with Gasteiger partial charge in [0.1, 0.15) is 6.61 Å². The van der Waals surface area contributed by atoms with Crippen molar-refractivity contribution in [3.63, 3.8) is 0 Å². The second-order valence-electron chi connectivity index (χ2n) is 4.58. The summed E-state index contributed by atoms with van der Waals surface area (Å²) in [6, 6.07) is 4.09. The van der Waals surface area contributed by atoms with Crippen LogP contribution in [0.3, 0.4) is 0 Å². The Morgan fingerprint density at radius 1 is 1.35 bits per heavy atom. The first-order chi connectivity index (χ1) is 8.04. The third-order valence-corrected chi connectivity index (χ3v) is 3.11. The molecule has 1 aliphatic heterocycles. The maximum absolute atomic E-state index is 11.8. The van der Waals surface area contributed by atoms with Gasteiger partial charge in [-0.25, -0.2) is 4.79 Å². The highest BCUT2D eigenvalue weighted by Gasteiger charge is 2.34. The number of aryl methyl sites for hydroxylation is 3. The van der Waals surface area contributed by atoms with Gasteiger partial charge in [-0.05, 0) is 31.9 Å². The molecule has 4 nitrogen and oxygen atoms in total. The van der Waals surface area contributed by atoms with Crippen LogP contribution in [0, 0.1) is 20.8 Å². The van der Waals surface area contributed by atoms with E-state index in [-0.39, 0.29) is 12.1 Å². The second kappa shape index (κ2) is 4.37. The Hall–Kier alpha value is -1.55. The van der Waals surface area contributed by atoms with Crippen molar-refractivity contribution in [1.82, 2.24) is 0 Å². The number of benzene rings is 1. The van der Waals surface area contributed by atoms with Crippen molar-refractivity contribution >= 4 is 11.8 Å². The molecular weight excluding hydrogens is 216 g/mol. The molecule has 1 unspecified atom stereocenters. The van der Waals surface area contributed by atoms with E-state index in [1.54, 1.807) is 4.90 Å². The van der Waals surface area contributed by atoms with Crippen LogP contribution in [0.25, 0.3) is 0 Å². The molecule has 1 aromatic carbocycles. The number of carbonyl (C=O) groups is 1. The summed E-state index contributed by atoms with van der Waals surface area (Å²) in [6.07, 6.45) is -0.296. The summed E-state index contributed by atoms with van der Waals surface area (Å²) in [7, 11) is 0. The molecule has 1 aromatic rings. The molecule has 0 aromatic heterocycles. The van der Waals surface area contributed by atoms with E-state index in [1.165, 1.54) is 5.56 Å². The Kier molecular flexibility index (Phi) is 3.07. The van der Waals surface area contributed by atoms with Gasteiger partial charge in [0.25, 0.3) is 0 Å². The molecule has 1 saturated heterocycles. The smallest absolute Gasteiger partial charge is 0.414 e. The van der Waals surface area contributed by atoms with Crippen LogP contribution in [-0.4, -0.2) is 25.3 Å². The molecule has 0 aliphatic carbocycles. The predicted octanol–water partition coefficient (Wildman–Crippen LogP) is 1.90. The SMILES string of the molecule is Cc1cc(C)c(N2C(=O)OCC2CN)c(C)c1. The van der Waals surface area contributed by atoms with Crippen molar-refractivity contribution in [3.8, 4) is 0 Å². The van der Waals surface area contributed by atoms with Gasteiger partial charge in [-0.3, -0.25) is 4.90 Å². The van der Waals surface area contributed by atoms with E-state index < -0.39 is 0 Å². The molecular formula is C13H18N2O2. The van der Waals surface area contributed by atoms with Crippen molar-refractivity contribution < 1.29 is 9.53 Å². The van der Waals surface area contributed by atoms with E-state index in [2.05, 4.69) is 12.1 Å². The molecule has 1 atom stereocenters. The lowest BCUT2D eigenvalue weighted by molar-refractivity contribution is 0.179. The Bertz CT molecular complexity index is 434. The molecule has 1 aliphatic rings. The maximum atomic E-state index is 11.8. The van der Waals surface area contributed by atoms with Crippen LogP contribution in [0.4, 0.5) is 10.5 Å². The van der Waals surface area contributed by atoms with E-state index in [9.17, 15) is 4.79 Å². The van der Waals surface area contributed by atoms with E-state index >= 15 is 0 Å². The van der Waals surface area contributed by atoms with Crippen LogP contribution in [0.5, 0.6) is 0 Å². The van der Waals surface area contributed by atoms with Crippen LogP contribution in [0.15, 0.2) is 12.1 Å². The number of nitrogens with two attached hydrogens (primary N) is 1. The fourth-order valence-electron chi connectivity index (χ4n) is 2.46. The van der Waals surface area contributed by atoms with Crippen molar-refractivity contribution in [3.05, 3.63) is 28.8 Å². The van der Waals surface area contributed by atoms with Gasteiger partial charge in [-0.1, -0.05) is 17.7 Å². The number of rotatable bonds is 2. The largest absolute Gasteiger partial charge is 0.447 e. The summed E-state index contributed by atoms with van der Waals surface area (Å²) < 4.78 is 5.07. The molecule has 2 rings (SSSR count). The van der Waals surface area contributed by atoms with Gasteiger partial charge in [-0.15, -0.1) is 0 Å². The summed E-state index contributed by atoms with van der Waals surface area (Å²) >= 11 is 0. The first-order valence-electron chi connectivity index (χ1n) is 5.78. The summed E-state index contributed by atoms with van der Waals surface area (Å²) in [6.45, 7) is 6.86. The Labute approximate surface area is 101 Å². The highest BCUT2D eigenvalue weighted by atomic mass is 16.6. The van der Waals surface area contributed by atoms with E-state index in [4.69, 9.17) is 10.5 Å². The summed E-state index contributed by atoms with van der Waals surface area (Å²) in [5.74, 6) is 0. The first-order valence-corrected chi connectivity index (χ1v) is 5.78. The fraction of sp³-hybridized carbons (Fsp3) is 0.462. The molecule has 2 N–H and O–H groups in total. The zero-order valence-corrected chi connectivity index (χ0v) is 10.5. The first kappa shape index (κ1) is 11.9. The number of ether oxygens (including phenoxy) is 1. The summed E-state index contributed by atoms with van der Waals surface area (Å²) in [5.41, 5.74) is 9.98. The van der Waals surface area contributed by atoms with Gasteiger partial charge < -0.3 is 10.5 Å². The molecule has 17 heavy (non-hydrogen) atoms. The molecule has 4 heteroatoms. The predicted molar refractivity (Wildman–Crippen MR) is 67.3 cm³/mol. The Morgan fingerprint density at radius 2 is 1.94 bits per heavy atom.